The van der Waals surface area contributed by atoms with Crippen molar-refractivity contribution < 1.29 is 42.9 Å². The van der Waals surface area contributed by atoms with Gasteiger partial charge >= 0.3 is 23.9 Å². The van der Waals surface area contributed by atoms with Crippen LogP contribution in [0.25, 0.3) is 0 Å². The Bertz CT molecular complexity index is 2300. The molecule has 4 aromatic rings. The molecule has 0 aliphatic carbocycles. The maximum Gasteiger partial charge on any atom is 0.338 e. The Morgan fingerprint density at radius 3 is 1.36 bits per heavy atom. The van der Waals surface area contributed by atoms with Crippen molar-refractivity contribution in [3.8, 4) is 46.7 Å². The van der Waals surface area contributed by atoms with Crippen molar-refractivity contribution in [2.45, 2.75) is 20.8 Å². The molecule has 53 heavy (non-hydrogen) atoms. The summed E-state index contributed by atoms with van der Waals surface area (Å²) in [5, 5.41) is 0. The van der Waals surface area contributed by atoms with Gasteiger partial charge in [0.05, 0.1) is 0 Å². The van der Waals surface area contributed by atoms with Crippen LogP contribution in [0.4, 0.5) is 0 Å². The first-order valence-electron chi connectivity index (χ1n) is 15.8. The first kappa shape index (κ1) is 38.3. The highest BCUT2D eigenvalue weighted by Crippen LogP contribution is 2.31. The first-order valence-corrected chi connectivity index (χ1v) is 15.8. The molecule has 4 rings (SSSR count). The summed E-state index contributed by atoms with van der Waals surface area (Å²) in [6.07, 6.45) is 0.968. The number of ether oxygens (including phenoxy) is 4. The van der Waals surface area contributed by atoms with Gasteiger partial charge in [-0.3, -0.25) is 4.79 Å². The molecule has 0 saturated carbocycles. The maximum absolute atomic E-state index is 13.1. The summed E-state index contributed by atoms with van der Waals surface area (Å²) in [5.41, 5.74) is 2.84. The van der Waals surface area contributed by atoms with Gasteiger partial charge in [-0.15, -0.1) is 0 Å². The molecule has 0 spiro atoms. The Balaban J connectivity index is 1.65. The van der Waals surface area contributed by atoms with Crippen LogP contribution in [0.3, 0.4) is 0 Å². The van der Waals surface area contributed by atoms with Crippen molar-refractivity contribution >= 4 is 29.7 Å². The molecule has 4 aromatic carbocycles. The van der Waals surface area contributed by atoms with Crippen LogP contribution in [0.15, 0.2) is 134 Å². The third-order valence-corrected chi connectivity index (χ3v) is 6.91. The second-order valence-corrected chi connectivity index (χ2v) is 11.4. The fourth-order valence-corrected chi connectivity index (χ4v) is 4.10. The van der Waals surface area contributed by atoms with Gasteiger partial charge in [0.2, 0.25) is 0 Å². The average Bonchev–Trinajstić information content (AvgIpc) is 3.14. The van der Waals surface area contributed by atoms with Gasteiger partial charge in [-0.05, 0) is 106 Å². The predicted octanol–water partition coefficient (Wildman–Crippen LogP) is 7.25. The Labute approximate surface area is 306 Å². The molecule has 0 heterocycles. The second-order valence-electron chi connectivity index (χ2n) is 11.4. The predicted molar refractivity (Wildman–Crippen MR) is 198 cm³/mol. The van der Waals surface area contributed by atoms with E-state index < -0.39 is 23.9 Å². The fourth-order valence-electron chi connectivity index (χ4n) is 4.10. The molecule has 0 unspecified atom stereocenters. The molecular weight excluding hydrogens is 672 g/mol. The normalized spacial score (nSPS) is 9.79. The van der Waals surface area contributed by atoms with E-state index in [2.05, 4.69) is 50.0 Å². The van der Waals surface area contributed by atoms with Crippen LogP contribution >= 0.6 is 0 Å². The molecule has 0 atom stereocenters. The lowest BCUT2D eigenvalue weighted by Crippen LogP contribution is -2.11. The van der Waals surface area contributed by atoms with Gasteiger partial charge in [-0.2, -0.15) is 0 Å². The molecule has 0 bridgehead atoms. The second kappa shape index (κ2) is 17.4. The Morgan fingerprint density at radius 1 is 0.509 bits per heavy atom. The molecule has 9 heteroatoms. The molecule has 0 amide bonds. The van der Waals surface area contributed by atoms with Crippen LogP contribution in [0, 0.1) is 23.7 Å². The van der Waals surface area contributed by atoms with E-state index in [1.807, 2.05) is 0 Å². The third kappa shape index (κ3) is 10.7. The monoisotopic (exact) mass is 704 g/mol. The van der Waals surface area contributed by atoms with E-state index in [1.165, 1.54) is 45.0 Å². The van der Waals surface area contributed by atoms with E-state index in [-0.39, 0.29) is 45.3 Å². The number of hydrogen-bond acceptors (Lipinski definition) is 9. The van der Waals surface area contributed by atoms with Gasteiger partial charge in [0, 0.05) is 50.6 Å². The minimum Gasteiger partial charge on any atom is -0.423 e. The highest BCUT2D eigenvalue weighted by Gasteiger charge is 2.18. The van der Waals surface area contributed by atoms with Gasteiger partial charge in [-0.1, -0.05) is 50.0 Å². The minimum atomic E-state index is -0.790. The number of hydrogen-bond donors (Lipinski definition) is 0. The Kier molecular flexibility index (Phi) is 12.6. The Hall–Kier alpha value is -7.49. The molecule has 9 nitrogen and oxygen atoms in total. The number of esters is 4. The molecule has 0 N–H and O–H groups in total. The maximum atomic E-state index is 13.1. The van der Waals surface area contributed by atoms with E-state index in [9.17, 15) is 24.0 Å². The van der Waals surface area contributed by atoms with E-state index in [1.54, 1.807) is 60.7 Å². The molecule has 0 aliphatic rings. The number of rotatable bonds is 10. The lowest BCUT2D eigenvalue weighted by molar-refractivity contribution is -0.131. The van der Waals surface area contributed by atoms with Crippen LogP contribution in [-0.2, 0) is 19.2 Å². The summed E-state index contributed by atoms with van der Waals surface area (Å²) in [6.45, 7) is 18.7. The van der Waals surface area contributed by atoms with E-state index in [0.717, 1.165) is 6.08 Å². The quantitative estimate of drug-likeness (QED) is 0.0552. The van der Waals surface area contributed by atoms with Crippen LogP contribution in [0.5, 0.6) is 23.0 Å². The van der Waals surface area contributed by atoms with Crippen LogP contribution in [0.1, 0.15) is 58.9 Å². The summed E-state index contributed by atoms with van der Waals surface area (Å²) < 4.78 is 21.5. The minimum absolute atomic E-state index is 0.0440. The van der Waals surface area contributed by atoms with E-state index in [0.29, 0.717) is 33.6 Å². The summed E-state index contributed by atoms with van der Waals surface area (Å²) in [4.78, 5) is 61.6. The SMILES string of the molecule is C=CC(=O)Oc1cc(C#Cc2ccc(C(=O)c3ccc(OC(=O)C(=C)C)cc3)cc2)cc(OC(=O)C(=C)C)c1C#Cc1ccc(OC(=O)C(=C)C)cc1. The van der Waals surface area contributed by atoms with E-state index in [4.69, 9.17) is 18.9 Å². The number of ketones is 1. The average molecular weight is 705 g/mol. The molecular formula is C44H32O9. The number of carbonyl (C=O) groups excluding carboxylic acids is 5. The van der Waals surface area contributed by atoms with Crippen LogP contribution < -0.4 is 18.9 Å². The van der Waals surface area contributed by atoms with Gasteiger partial charge in [-0.25, -0.2) is 19.2 Å². The smallest absolute Gasteiger partial charge is 0.338 e. The van der Waals surface area contributed by atoms with Crippen molar-refractivity contribution in [1.29, 1.82) is 0 Å². The topological polar surface area (TPSA) is 122 Å². The highest BCUT2D eigenvalue weighted by molar-refractivity contribution is 6.09. The lowest BCUT2D eigenvalue weighted by atomic mass is 10.0. The number of benzene rings is 4. The zero-order valence-electron chi connectivity index (χ0n) is 29.2. The summed E-state index contributed by atoms with van der Waals surface area (Å²) in [7, 11) is 0. The van der Waals surface area contributed by atoms with Crippen molar-refractivity contribution in [2.24, 2.45) is 0 Å². The standard InChI is InChI=1S/C44H32O9/c1-8-40(45)52-38-25-32(10-9-30-11-16-33(17-12-30)41(46)34-18-22-36(23-19-34)51-43(48)28(4)5)26-39(53-44(49)29(6)7)37(38)24-15-31-13-20-35(21-14-31)50-42(47)27(2)3/h8,11-14,16-23,25-26H,1-2,4,6H2,3,5,7H3. The molecule has 0 aliphatic heterocycles. The lowest BCUT2D eigenvalue weighted by Gasteiger charge is -2.12. The van der Waals surface area contributed by atoms with Gasteiger partial charge in [0.1, 0.15) is 17.1 Å². The summed E-state index contributed by atoms with van der Waals surface area (Å²) in [6, 6.07) is 22.0. The van der Waals surface area contributed by atoms with Crippen molar-refractivity contribution in [3.05, 3.63) is 167 Å². The Morgan fingerprint density at radius 2 is 0.887 bits per heavy atom. The molecule has 262 valence electrons. The van der Waals surface area contributed by atoms with Crippen LogP contribution in [-0.4, -0.2) is 29.7 Å². The molecule has 0 aromatic heterocycles. The first-order chi connectivity index (χ1) is 25.2. The number of carbonyl (C=O) groups is 5. The zero-order chi connectivity index (χ0) is 38.7. The fraction of sp³-hybridized carbons (Fsp3) is 0.0682. The largest absolute Gasteiger partial charge is 0.423 e. The third-order valence-electron chi connectivity index (χ3n) is 6.91. The van der Waals surface area contributed by atoms with Gasteiger partial charge in [0.15, 0.2) is 17.3 Å². The molecule has 0 radical (unpaired) electrons. The zero-order valence-corrected chi connectivity index (χ0v) is 29.2. The van der Waals surface area contributed by atoms with Crippen molar-refractivity contribution in [1.82, 2.24) is 0 Å². The van der Waals surface area contributed by atoms with Crippen molar-refractivity contribution in [3.63, 3.8) is 0 Å². The highest BCUT2D eigenvalue weighted by atomic mass is 16.6. The van der Waals surface area contributed by atoms with Crippen molar-refractivity contribution in [2.75, 3.05) is 0 Å². The summed E-state index contributed by atoms with van der Waals surface area (Å²) >= 11 is 0. The summed E-state index contributed by atoms with van der Waals surface area (Å²) in [5.74, 6) is 9.36. The van der Waals surface area contributed by atoms with Gasteiger partial charge in [0.25, 0.3) is 0 Å². The molecule has 0 saturated heterocycles. The molecule has 0 fully saturated rings. The van der Waals surface area contributed by atoms with Crippen LogP contribution in [0.2, 0.25) is 0 Å². The van der Waals surface area contributed by atoms with E-state index >= 15 is 0 Å². The van der Waals surface area contributed by atoms with Gasteiger partial charge < -0.3 is 18.9 Å².